The van der Waals surface area contributed by atoms with Gasteiger partial charge in [-0.3, -0.25) is 14.3 Å². The van der Waals surface area contributed by atoms with Crippen LogP contribution in [0.1, 0.15) is 11.7 Å². The minimum Gasteiger partial charge on any atom is -0.370 e. The molecule has 4 aromatic rings. The zero-order chi connectivity index (χ0) is 21.2. The molecule has 31 heavy (non-hydrogen) atoms. The minimum absolute atomic E-state index is 0.0840. The molecule has 1 aromatic carbocycles. The van der Waals surface area contributed by atoms with E-state index in [2.05, 4.69) is 51.0 Å². The summed E-state index contributed by atoms with van der Waals surface area (Å²) < 4.78 is 7.72. The summed E-state index contributed by atoms with van der Waals surface area (Å²) in [6, 6.07) is 15.9. The van der Waals surface area contributed by atoms with Crippen LogP contribution in [-0.2, 0) is 11.8 Å². The lowest BCUT2D eigenvalue weighted by molar-refractivity contribution is 0.0390. The summed E-state index contributed by atoms with van der Waals surface area (Å²) >= 11 is 1.69. The molecule has 1 unspecified atom stereocenters. The van der Waals surface area contributed by atoms with Crippen molar-refractivity contribution >= 4 is 17.3 Å². The minimum atomic E-state index is -0.0891. The Morgan fingerprint density at radius 3 is 2.74 bits per heavy atom. The molecular weight excluding hydrogens is 408 g/mol. The molecule has 0 saturated carbocycles. The largest absolute Gasteiger partial charge is 0.370 e. The summed E-state index contributed by atoms with van der Waals surface area (Å²) in [5.74, 6) is 0.654. The van der Waals surface area contributed by atoms with Gasteiger partial charge in [-0.15, -0.1) is 0 Å². The monoisotopic (exact) mass is 430 g/mol. The quantitative estimate of drug-likeness (QED) is 0.487. The summed E-state index contributed by atoms with van der Waals surface area (Å²) in [6.45, 7) is 1.89. The van der Waals surface area contributed by atoms with Crippen LogP contribution >= 0.6 is 11.3 Å². The summed E-state index contributed by atoms with van der Waals surface area (Å²) in [6.07, 6.45) is 3.33. The Morgan fingerprint density at radius 2 is 1.94 bits per heavy atom. The lowest BCUT2D eigenvalue weighted by Crippen LogP contribution is -2.41. The van der Waals surface area contributed by atoms with Crippen LogP contribution in [0.2, 0.25) is 0 Å². The number of hydrogen-bond acceptors (Lipinski definition) is 6. The van der Waals surface area contributed by atoms with Crippen molar-refractivity contribution < 1.29 is 4.74 Å². The third-order valence-corrected chi connectivity index (χ3v) is 6.23. The highest BCUT2D eigenvalue weighted by molar-refractivity contribution is 7.08. The molecule has 1 fully saturated rings. The molecule has 0 radical (unpaired) electrons. The number of ether oxygens (including phenoxy) is 1. The van der Waals surface area contributed by atoms with E-state index in [0.717, 1.165) is 11.1 Å². The zero-order valence-electron chi connectivity index (χ0n) is 17.1. The number of nitrogens with zero attached hydrogens (tertiary/aromatic N) is 4. The first-order valence-electron chi connectivity index (χ1n) is 10.2. The molecule has 0 bridgehead atoms. The van der Waals surface area contributed by atoms with Gasteiger partial charge in [0.25, 0.3) is 5.56 Å². The van der Waals surface area contributed by atoms with E-state index in [1.165, 1.54) is 11.1 Å². The van der Waals surface area contributed by atoms with Crippen molar-refractivity contribution in [3.05, 3.63) is 87.6 Å². The van der Waals surface area contributed by atoms with Gasteiger partial charge in [0.2, 0.25) is 5.95 Å². The molecule has 6 nitrogen and oxygen atoms in total. The predicted molar refractivity (Wildman–Crippen MR) is 123 cm³/mol. The van der Waals surface area contributed by atoms with Gasteiger partial charge >= 0.3 is 0 Å². The van der Waals surface area contributed by atoms with Gasteiger partial charge in [0.05, 0.1) is 18.8 Å². The second kappa shape index (κ2) is 8.45. The predicted octanol–water partition coefficient (Wildman–Crippen LogP) is 4.15. The molecule has 1 atom stereocenters. The first kappa shape index (κ1) is 19.7. The maximum absolute atomic E-state index is 12.7. The first-order valence-corrected chi connectivity index (χ1v) is 11.1. The molecule has 7 heteroatoms. The van der Waals surface area contributed by atoms with Gasteiger partial charge in [-0.1, -0.05) is 18.2 Å². The van der Waals surface area contributed by atoms with E-state index in [0.29, 0.717) is 31.3 Å². The van der Waals surface area contributed by atoms with E-state index in [1.807, 2.05) is 12.1 Å². The molecule has 1 aliphatic rings. The van der Waals surface area contributed by atoms with Gasteiger partial charge in [0.1, 0.15) is 6.10 Å². The van der Waals surface area contributed by atoms with E-state index < -0.39 is 0 Å². The second-order valence-corrected chi connectivity index (χ2v) is 8.30. The Morgan fingerprint density at radius 1 is 1.06 bits per heavy atom. The smallest absolute Gasteiger partial charge is 0.255 e. The SMILES string of the molecule is Cn1c(N2CCOC(c3cccc(-c4ccsc4)c3)C2)nc(-c2ccncc2)cc1=O. The van der Waals surface area contributed by atoms with Crippen LogP contribution < -0.4 is 10.5 Å². The van der Waals surface area contributed by atoms with Crippen LogP contribution in [-0.4, -0.2) is 34.2 Å². The van der Waals surface area contributed by atoms with E-state index in [1.54, 1.807) is 41.4 Å². The Kier molecular flexibility index (Phi) is 5.36. The molecule has 4 heterocycles. The molecule has 5 rings (SSSR count). The average molecular weight is 431 g/mol. The standard InChI is InChI=1S/C24H22N4O2S/c1-27-23(29)14-21(17-5-8-25-9-6-17)26-24(27)28-10-11-30-22(15-28)19-4-2-3-18(13-19)20-7-12-31-16-20/h2-9,12-14,16,22H,10-11,15H2,1H3. The third-order valence-electron chi connectivity index (χ3n) is 5.55. The molecule has 3 aromatic heterocycles. The number of anilines is 1. The summed E-state index contributed by atoms with van der Waals surface area (Å²) in [4.78, 5) is 23.7. The number of aromatic nitrogens is 3. The first-order chi connectivity index (χ1) is 15.2. The lowest BCUT2D eigenvalue weighted by Gasteiger charge is -2.34. The number of pyridine rings is 1. The fourth-order valence-corrected chi connectivity index (χ4v) is 4.53. The normalized spacial score (nSPS) is 16.4. The zero-order valence-corrected chi connectivity index (χ0v) is 18.0. The highest BCUT2D eigenvalue weighted by Gasteiger charge is 2.25. The van der Waals surface area contributed by atoms with Gasteiger partial charge in [0, 0.05) is 37.6 Å². The molecule has 156 valence electrons. The van der Waals surface area contributed by atoms with Crippen LogP contribution in [0.25, 0.3) is 22.4 Å². The highest BCUT2D eigenvalue weighted by atomic mass is 32.1. The Labute approximate surface area is 184 Å². The maximum atomic E-state index is 12.7. The van der Waals surface area contributed by atoms with Crippen LogP contribution in [0.4, 0.5) is 5.95 Å². The number of morpholine rings is 1. The Hall–Kier alpha value is -3.29. The summed E-state index contributed by atoms with van der Waals surface area (Å²) in [7, 11) is 1.77. The van der Waals surface area contributed by atoms with Crippen molar-refractivity contribution in [3.63, 3.8) is 0 Å². The van der Waals surface area contributed by atoms with Crippen molar-refractivity contribution in [3.8, 4) is 22.4 Å². The van der Waals surface area contributed by atoms with Crippen molar-refractivity contribution in [1.82, 2.24) is 14.5 Å². The molecular formula is C24H22N4O2S. The molecule has 1 aliphatic heterocycles. The molecule has 0 aliphatic carbocycles. The van der Waals surface area contributed by atoms with Crippen molar-refractivity contribution in [1.29, 1.82) is 0 Å². The average Bonchev–Trinajstić information content (AvgIpc) is 3.37. The molecule has 0 amide bonds. The topological polar surface area (TPSA) is 60.2 Å². The van der Waals surface area contributed by atoms with Gasteiger partial charge < -0.3 is 9.64 Å². The van der Waals surface area contributed by atoms with Gasteiger partial charge in [-0.2, -0.15) is 11.3 Å². The van der Waals surface area contributed by atoms with Crippen LogP contribution in [0, 0.1) is 0 Å². The second-order valence-electron chi connectivity index (χ2n) is 7.52. The number of thiophene rings is 1. The fraction of sp³-hybridized carbons (Fsp3) is 0.208. The van der Waals surface area contributed by atoms with E-state index >= 15 is 0 Å². The Bertz CT molecular complexity index is 1240. The summed E-state index contributed by atoms with van der Waals surface area (Å²) in [5.41, 5.74) is 4.98. The molecule has 0 N–H and O–H groups in total. The van der Waals surface area contributed by atoms with Crippen LogP contribution in [0.5, 0.6) is 0 Å². The van der Waals surface area contributed by atoms with Crippen LogP contribution in [0.3, 0.4) is 0 Å². The van der Waals surface area contributed by atoms with Crippen LogP contribution in [0.15, 0.2) is 76.5 Å². The van der Waals surface area contributed by atoms with E-state index in [-0.39, 0.29) is 11.7 Å². The number of benzene rings is 1. The summed E-state index contributed by atoms with van der Waals surface area (Å²) in [5, 5.41) is 4.24. The third kappa shape index (κ3) is 4.02. The van der Waals surface area contributed by atoms with Crippen molar-refractivity contribution in [2.24, 2.45) is 7.05 Å². The molecule has 0 spiro atoms. The van der Waals surface area contributed by atoms with E-state index in [4.69, 9.17) is 9.72 Å². The van der Waals surface area contributed by atoms with Gasteiger partial charge in [-0.05, 0) is 51.7 Å². The Balaban J connectivity index is 1.46. The van der Waals surface area contributed by atoms with E-state index in [9.17, 15) is 4.79 Å². The lowest BCUT2D eigenvalue weighted by atomic mass is 10.0. The highest BCUT2D eigenvalue weighted by Crippen LogP contribution is 2.29. The maximum Gasteiger partial charge on any atom is 0.255 e. The van der Waals surface area contributed by atoms with Crippen molar-refractivity contribution in [2.45, 2.75) is 6.10 Å². The fourth-order valence-electron chi connectivity index (χ4n) is 3.86. The van der Waals surface area contributed by atoms with Crippen molar-refractivity contribution in [2.75, 3.05) is 24.6 Å². The van der Waals surface area contributed by atoms with Gasteiger partial charge in [-0.25, -0.2) is 4.98 Å². The number of rotatable bonds is 4. The molecule has 1 saturated heterocycles. The van der Waals surface area contributed by atoms with Gasteiger partial charge in [0.15, 0.2) is 0 Å². The number of hydrogen-bond donors (Lipinski definition) is 0.